The number of phenols is 1. The number of allylic oxidation sites excluding steroid dienone is 2. The summed E-state index contributed by atoms with van der Waals surface area (Å²) < 4.78 is 82.4. The van der Waals surface area contributed by atoms with E-state index in [1.807, 2.05) is 13.0 Å². The van der Waals surface area contributed by atoms with Crippen LogP contribution in [0.15, 0.2) is 57.6 Å². The van der Waals surface area contributed by atoms with Crippen LogP contribution in [0.25, 0.3) is 6.08 Å². The summed E-state index contributed by atoms with van der Waals surface area (Å²) in [6.07, 6.45) is -7.81. The molecule has 6 nitrogen and oxygen atoms in total. The topological polar surface area (TPSA) is 98.1 Å². The van der Waals surface area contributed by atoms with E-state index < -0.39 is 71.4 Å². The van der Waals surface area contributed by atoms with Crippen LogP contribution in [0, 0.1) is 23.7 Å². The van der Waals surface area contributed by atoms with Crippen LogP contribution in [0.3, 0.4) is 0 Å². The van der Waals surface area contributed by atoms with Crippen LogP contribution in [0.5, 0.6) is 5.75 Å². The number of phenolic OH excluding ortho intramolecular Hbond substituents is 1. The Hall–Kier alpha value is -3.16. The maximum absolute atomic E-state index is 13.8. The number of rotatable bonds is 10. The Balaban J connectivity index is 1.70. The Morgan fingerprint density at radius 3 is 2.15 bits per heavy atom. The first-order valence-electron chi connectivity index (χ1n) is 15.3. The van der Waals surface area contributed by atoms with Gasteiger partial charge in [-0.1, -0.05) is 60.3 Å². The number of hydrogen-bond acceptors (Lipinski definition) is 5. The molecular weight excluding hydrogens is 696 g/mol. The normalized spacial score (nSPS) is 21.6. The third-order valence-corrected chi connectivity index (χ3v) is 9.36. The predicted molar refractivity (Wildman–Crippen MR) is 167 cm³/mol. The number of aromatic hydroxyl groups is 1. The summed E-state index contributed by atoms with van der Waals surface area (Å²) in [5, 5.41) is 32.5. The Labute approximate surface area is 276 Å². The van der Waals surface area contributed by atoms with Gasteiger partial charge < -0.3 is 15.3 Å². The van der Waals surface area contributed by atoms with Gasteiger partial charge >= 0.3 is 12.4 Å². The number of benzene rings is 2. The minimum absolute atomic E-state index is 0.0546. The van der Waals surface area contributed by atoms with Crippen molar-refractivity contribution in [2.75, 3.05) is 11.5 Å². The molecule has 1 heterocycles. The standard InChI is InChI=1S/C34H36BrF6NO5/c1-4-5-18(10-19-11-22(35)7-9-27(19)44)6-8-28(45)29-24(17(2)3)15-25-30(26(29)16-43)32(47)42(31(25)46)23-13-20(33(36,37)38)12-21(14-23)34(39,40)41/h7,9-14,17,25-26,28,30,43-45H,4-6,8,15-16H2,1-3H3/b18-10+/t25-,26+,28-,30-/m1/s1. The molecule has 2 aromatic carbocycles. The number of aliphatic hydroxyl groups excluding tert-OH is 2. The van der Waals surface area contributed by atoms with Crippen LogP contribution in [0.2, 0.25) is 0 Å². The van der Waals surface area contributed by atoms with E-state index >= 15 is 0 Å². The molecule has 1 aliphatic carbocycles. The molecule has 0 saturated carbocycles. The highest BCUT2D eigenvalue weighted by molar-refractivity contribution is 9.10. The van der Waals surface area contributed by atoms with Crippen LogP contribution in [0.1, 0.15) is 69.6 Å². The van der Waals surface area contributed by atoms with E-state index in [9.17, 15) is 51.3 Å². The minimum atomic E-state index is -5.19. The van der Waals surface area contributed by atoms with Crippen LogP contribution in [-0.4, -0.2) is 39.8 Å². The van der Waals surface area contributed by atoms with Gasteiger partial charge in [-0.2, -0.15) is 26.3 Å². The number of hydrogen-bond donors (Lipinski definition) is 3. The summed E-state index contributed by atoms with van der Waals surface area (Å²) in [6.45, 7) is 4.90. The number of alkyl halides is 6. The molecule has 2 amide bonds. The van der Waals surface area contributed by atoms with Crippen molar-refractivity contribution < 1.29 is 51.3 Å². The Morgan fingerprint density at radius 2 is 1.62 bits per heavy atom. The van der Waals surface area contributed by atoms with E-state index in [1.54, 1.807) is 32.0 Å². The van der Waals surface area contributed by atoms with Gasteiger partial charge in [0.2, 0.25) is 11.8 Å². The van der Waals surface area contributed by atoms with Crippen molar-refractivity contribution in [1.29, 1.82) is 0 Å². The predicted octanol–water partition coefficient (Wildman–Crippen LogP) is 8.29. The van der Waals surface area contributed by atoms with Gasteiger partial charge in [0.1, 0.15) is 5.75 Å². The van der Waals surface area contributed by atoms with E-state index in [2.05, 4.69) is 15.9 Å². The number of anilines is 1. The van der Waals surface area contributed by atoms with Gasteiger partial charge in [-0.3, -0.25) is 9.59 Å². The summed E-state index contributed by atoms with van der Waals surface area (Å²) in [4.78, 5) is 27.8. The minimum Gasteiger partial charge on any atom is -0.507 e. The molecule has 0 spiro atoms. The summed E-state index contributed by atoms with van der Waals surface area (Å²) >= 11 is 3.38. The van der Waals surface area contributed by atoms with E-state index in [0.717, 1.165) is 16.5 Å². The Bertz CT molecular complexity index is 1550. The maximum atomic E-state index is 13.8. The third kappa shape index (κ3) is 7.78. The van der Waals surface area contributed by atoms with Crippen molar-refractivity contribution in [3.63, 3.8) is 0 Å². The van der Waals surface area contributed by atoms with Crippen molar-refractivity contribution >= 4 is 39.5 Å². The fourth-order valence-corrected chi connectivity index (χ4v) is 7.07. The first-order chi connectivity index (χ1) is 21.9. The van der Waals surface area contributed by atoms with Gasteiger partial charge in [-0.05, 0) is 73.6 Å². The highest BCUT2D eigenvalue weighted by Gasteiger charge is 2.56. The maximum Gasteiger partial charge on any atom is 0.416 e. The molecule has 2 aliphatic rings. The lowest BCUT2D eigenvalue weighted by Crippen LogP contribution is -2.40. The Morgan fingerprint density at radius 1 is 1.00 bits per heavy atom. The van der Waals surface area contributed by atoms with Gasteiger partial charge in [0.25, 0.3) is 0 Å². The van der Waals surface area contributed by atoms with Gasteiger partial charge in [0.05, 0.1) is 41.4 Å². The second kappa shape index (κ2) is 14.1. The fourth-order valence-electron chi connectivity index (χ4n) is 6.70. The van der Waals surface area contributed by atoms with E-state index in [0.29, 0.717) is 46.6 Å². The molecule has 256 valence electrons. The van der Waals surface area contributed by atoms with Gasteiger partial charge in [-0.25, -0.2) is 4.90 Å². The number of carbonyl (C=O) groups excluding carboxylic acids is 2. The first kappa shape index (κ1) is 36.7. The summed E-state index contributed by atoms with van der Waals surface area (Å²) in [5.74, 6) is -5.72. The number of aliphatic hydroxyl groups is 2. The quantitative estimate of drug-likeness (QED) is 0.130. The largest absolute Gasteiger partial charge is 0.507 e. The summed E-state index contributed by atoms with van der Waals surface area (Å²) in [5.41, 5.74) is -1.73. The van der Waals surface area contributed by atoms with E-state index in [1.165, 1.54) is 0 Å². The summed E-state index contributed by atoms with van der Waals surface area (Å²) in [7, 11) is 0. The van der Waals surface area contributed by atoms with Crippen LogP contribution in [0.4, 0.5) is 32.0 Å². The second-order valence-electron chi connectivity index (χ2n) is 12.3. The average molecular weight is 733 g/mol. The van der Waals surface area contributed by atoms with E-state index in [4.69, 9.17) is 0 Å². The van der Waals surface area contributed by atoms with Crippen molar-refractivity contribution in [3.05, 3.63) is 74.3 Å². The van der Waals surface area contributed by atoms with Crippen molar-refractivity contribution in [2.24, 2.45) is 23.7 Å². The van der Waals surface area contributed by atoms with Crippen molar-refractivity contribution in [3.8, 4) is 5.75 Å². The number of imide groups is 1. The highest BCUT2D eigenvalue weighted by atomic mass is 79.9. The van der Waals surface area contributed by atoms with Crippen LogP contribution in [-0.2, 0) is 21.9 Å². The molecule has 13 heteroatoms. The molecule has 47 heavy (non-hydrogen) atoms. The third-order valence-electron chi connectivity index (χ3n) is 8.86. The monoisotopic (exact) mass is 731 g/mol. The zero-order chi connectivity index (χ0) is 35.0. The number of halogens is 7. The number of amides is 2. The van der Waals surface area contributed by atoms with Crippen LogP contribution >= 0.6 is 15.9 Å². The fraction of sp³-hybridized carbons (Fsp3) is 0.471. The highest BCUT2D eigenvalue weighted by Crippen LogP contribution is 2.50. The molecule has 3 N–H and O–H groups in total. The smallest absolute Gasteiger partial charge is 0.416 e. The second-order valence-corrected chi connectivity index (χ2v) is 13.3. The number of fused-ring (bicyclic) bond motifs is 1. The molecule has 0 unspecified atom stereocenters. The molecule has 2 aromatic rings. The SMILES string of the molecule is CCC/C(=C\c1cc(Br)ccc1O)CC[C@@H](O)C1=C(C(C)C)C[C@H]2C(=O)N(c3cc(C(F)(F)F)cc(C(F)(F)F)c3)C(=O)[C@H]2[C@H]1CO. The average Bonchev–Trinajstić information content (AvgIpc) is 3.24. The van der Waals surface area contributed by atoms with Gasteiger partial charge in [-0.15, -0.1) is 0 Å². The molecule has 0 aromatic heterocycles. The first-order valence-corrected chi connectivity index (χ1v) is 16.0. The van der Waals surface area contributed by atoms with Gasteiger partial charge in [0, 0.05) is 16.0 Å². The molecule has 0 bridgehead atoms. The number of nitrogens with zero attached hydrogens (tertiary/aromatic N) is 1. The molecule has 0 radical (unpaired) electrons. The zero-order valence-electron chi connectivity index (χ0n) is 25.9. The molecule has 4 atom stereocenters. The Kier molecular flexibility index (Phi) is 11.0. The molecule has 1 fully saturated rings. The lowest BCUT2D eigenvalue weighted by Gasteiger charge is -2.38. The lowest BCUT2D eigenvalue weighted by atomic mass is 9.66. The van der Waals surface area contributed by atoms with Gasteiger partial charge in [0.15, 0.2) is 0 Å². The zero-order valence-corrected chi connectivity index (χ0v) is 27.5. The molecular formula is C34H36BrF6NO5. The lowest BCUT2D eigenvalue weighted by molar-refractivity contribution is -0.143. The van der Waals surface area contributed by atoms with Crippen LogP contribution < -0.4 is 4.90 Å². The van der Waals surface area contributed by atoms with Crippen molar-refractivity contribution in [1.82, 2.24) is 0 Å². The molecule has 4 rings (SSSR count). The van der Waals surface area contributed by atoms with Crippen molar-refractivity contribution in [2.45, 2.75) is 71.3 Å². The molecule has 1 aliphatic heterocycles. The molecule has 1 saturated heterocycles. The number of carbonyl (C=O) groups is 2. The summed E-state index contributed by atoms with van der Waals surface area (Å²) in [6, 6.07) is 5.59. The van der Waals surface area contributed by atoms with E-state index in [-0.39, 0.29) is 30.6 Å².